The second-order valence-electron chi connectivity index (χ2n) is 7.31. The summed E-state index contributed by atoms with van der Waals surface area (Å²) >= 11 is 0. The second kappa shape index (κ2) is 7.32. The molecule has 0 fully saturated rings. The third-order valence-corrected chi connectivity index (χ3v) is 5.39. The molecule has 0 saturated carbocycles. The number of aromatic nitrogens is 2. The maximum atomic E-state index is 5.07. The Kier molecular flexibility index (Phi) is 4.38. The number of pyridine rings is 1. The molecular formula is C26H22N2. The Hall–Kier alpha value is -3.39. The second-order valence-corrected chi connectivity index (χ2v) is 7.31. The molecule has 2 aromatic heterocycles. The molecule has 0 radical (unpaired) electrons. The van der Waals surface area contributed by atoms with E-state index >= 15 is 0 Å². The molecule has 0 amide bonds. The van der Waals surface area contributed by atoms with E-state index in [1.54, 1.807) is 0 Å². The van der Waals surface area contributed by atoms with Gasteiger partial charge in [-0.25, -0.2) is 4.98 Å². The summed E-state index contributed by atoms with van der Waals surface area (Å²) in [7, 11) is 0. The highest BCUT2D eigenvalue weighted by Gasteiger charge is 2.12. The maximum absolute atomic E-state index is 5.07. The number of aryl methyl sites for hydroxylation is 2. The van der Waals surface area contributed by atoms with Crippen molar-refractivity contribution in [2.75, 3.05) is 0 Å². The molecule has 2 heteroatoms. The van der Waals surface area contributed by atoms with Crippen LogP contribution in [0.1, 0.15) is 22.4 Å². The number of fused-ring (bicyclic) bond motifs is 3. The Balaban J connectivity index is 1.58. The van der Waals surface area contributed by atoms with Crippen molar-refractivity contribution in [2.45, 2.75) is 19.3 Å². The van der Waals surface area contributed by atoms with Gasteiger partial charge in [-0.15, -0.1) is 0 Å². The first kappa shape index (κ1) is 16.8. The summed E-state index contributed by atoms with van der Waals surface area (Å²) in [5.41, 5.74) is 7.32. The van der Waals surface area contributed by atoms with Crippen molar-refractivity contribution in [3.8, 4) is 0 Å². The molecule has 2 nitrogen and oxygen atoms in total. The SMILES string of the molecule is c1ccc(CCc2nc3[nH]c4ccccc4c3cc2Cc2ccccc2)cc1. The molecule has 0 aliphatic heterocycles. The fraction of sp³-hybridized carbons (Fsp3) is 0.115. The summed E-state index contributed by atoms with van der Waals surface area (Å²) in [4.78, 5) is 8.56. The summed E-state index contributed by atoms with van der Waals surface area (Å²) in [5.74, 6) is 0. The number of hydrogen-bond donors (Lipinski definition) is 1. The summed E-state index contributed by atoms with van der Waals surface area (Å²) in [6, 6.07) is 32.1. The normalized spacial score (nSPS) is 11.3. The zero-order valence-corrected chi connectivity index (χ0v) is 15.7. The van der Waals surface area contributed by atoms with Crippen LogP contribution in [-0.4, -0.2) is 9.97 Å². The molecule has 0 saturated heterocycles. The number of benzene rings is 3. The standard InChI is InChI=1S/C26H22N2/c1-3-9-19(10-4-1)15-16-24-21(17-20-11-5-2-6-12-20)18-23-22-13-7-8-14-25(22)28-26(23)27-24/h1-14,18H,15-17H2,(H,27,28). The molecule has 0 bridgehead atoms. The van der Waals surface area contributed by atoms with E-state index in [2.05, 4.69) is 96.0 Å². The highest BCUT2D eigenvalue weighted by molar-refractivity contribution is 6.06. The lowest BCUT2D eigenvalue weighted by atomic mass is 9.98. The van der Waals surface area contributed by atoms with Gasteiger partial charge >= 0.3 is 0 Å². The molecule has 0 unspecified atom stereocenters. The molecule has 136 valence electrons. The van der Waals surface area contributed by atoms with Crippen molar-refractivity contribution in [1.29, 1.82) is 0 Å². The van der Waals surface area contributed by atoms with Gasteiger partial charge in [-0.2, -0.15) is 0 Å². The number of aromatic amines is 1. The van der Waals surface area contributed by atoms with Gasteiger partial charge in [-0.05, 0) is 48.1 Å². The van der Waals surface area contributed by atoms with Crippen molar-refractivity contribution in [2.24, 2.45) is 0 Å². The molecule has 5 aromatic rings. The third kappa shape index (κ3) is 3.29. The van der Waals surface area contributed by atoms with E-state index in [1.807, 2.05) is 0 Å². The molecule has 5 rings (SSSR count). The summed E-state index contributed by atoms with van der Waals surface area (Å²) in [6.07, 6.45) is 2.85. The van der Waals surface area contributed by atoms with Crippen LogP contribution in [0.5, 0.6) is 0 Å². The summed E-state index contributed by atoms with van der Waals surface area (Å²) in [6.45, 7) is 0. The van der Waals surface area contributed by atoms with Gasteiger partial charge in [0.25, 0.3) is 0 Å². The first-order chi connectivity index (χ1) is 13.9. The smallest absolute Gasteiger partial charge is 0.138 e. The van der Waals surface area contributed by atoms with Crippen LogP contribution in [0.25, 0.3) is 21.9 Å². The molecule has 0 atom stereocenters. The van der Waals surface area contributed by atoms with E-state index in [9.17, 15) is 0 Å². The topological polar surface area (TPSA) is 28.7 Å². The maximum Gasteiger partial charge on any atom is 0.138 e. The van der Waals surface area contributed by atoms with Crippen molar-refractivity contribution in [3.63, 3.8) is 0 Å². The van der Waals surface area contributed by atoms with Gasteiger partial charge in [0.15, 0.2) is 0 Å². The monoisotopic (exact) mass is 362 g/mol. The highest BCUT2D eigenvalue weighted by atomic mass is 14.9. The van der Waals surface area contributed by atoms with Gasteiger partial charge in [0.1, 0.15) is 5.65 Å². The largest absolute Gasteiger partial charge is 0.339 e. The van der Waals surface area contributed by atoms with E-state index < -0.39 is 0 Å². The quantitative estimate of drug-likeness (QED) is 0.402. The highest BCUT2D eigenvalue weighted by Crippen LogP contribution is 2.27. The number of rotatable bonds is 5. The van der Waals surface area contributed by atoms with E-state index in [0.29, 0.717) is 0 Å². The lowest BCUT2D eigenvalue weighted by molar-refractivity contribution is 0.896. The van der Waals surface area contributed by atoms with Crippen LogP contribution in [0.15, 0.2) is 91.0 Å². The van der Waals surface area contributed by atoms with Gasteiger partial charge in [0.05, 0.1) is 0 Å². The fourth-order valence-electron chi connectivity index (χ4n) is 3.94. The lowest BCUT2D eigenvalue weighted by Crippen LogP contribution is -2.02. The Morgan fingerprint density at radius 1 is 0.643 bits per heavy atom. The van der Waals surface area contributed by atoms with Crippen LogP contribution in [0.4, 0.5) is 0 Å². The van der Waals surface area contributed by atoms with Gasteiger partial charge in [-0.3, -0.25) is 0 Å². The average molecular weight is 362 g/mol. The average Bonchev–Trinajstić information content (AvgIpc) is 3.11. The van der Waals surface area contributed by atoms with Crippen molar-refractivity contribution in [1.82, 2.24) is 9.97 Å². The first-order valence-corrected chi connectivity index (χ1v) is 9.84. The molecule has 2 heterocycles. The van der Waals surface area contributed by atoms with E-state index in [-0.39, 0.29) is 0 Å². The van der Waals surface area contributed by atoms with Gasteiger partial charge in [-0.1, -0.05) is 78.9 Å². The lowest BCUT2D eigenvalue weighted by Gasteiger charge is -2.10. The van der Waals surface area contributed by atoms with Crippen LogP contribution < -0.4 is 0 Å². The van der Waals surface area contributed by atoms with Gasteiger partial charge in [0, 0.05) is 22.0 Å². The fourth-order valence-corrected chi connectivity index (χ4v) is 3.94. The van der Waals surface area contributed by atoms with Crippen molar-refractivity contribution in [3.05, 3.63) is 113 Å². The van der Waals surface area contributed by atoms with Crippen molar-refractivity contribution < 1.29 is 0 Å². The third-order valence-electron chi connectivity index (χ3n) is 5.39. The zero-order chi connectivity index (χ0) is 18.8. The minimum absolute atomic E-state index is 0.910. The Morgan fingerprint density at radius 3 is 2.11 bits per heavy atom. The van der Waals surface area contributed by atoms with E-state index in [4.69, 9.17) is 4.98 Å². The van der Waals surface area contributed by atoms with Crippen LogP contribution in [0.3, 0.4) is 0 Å². The van der Waals surface area contributed by atoms with E-state index in [0.717, 1.165) is 30.4 Å². The Labute approximate surface area is 164 Å². The van der Waals surface area contributed by atoms with Gasteiger partial charge in [0.2, 0.25) is 0 Å². The number of para-hydroxylation sites is 1. The van der Waals surface area contributed by atoms with E-state index in [1.165, 1.54) is 33.2 Å². The predicted octanol–water partition coefficient (Wildman–Crippen LogP) is 6.09. The molecule has 0 aliphatic carbocycles. The Morgan fingerprint density at radius 2 is 1.32 bits per heavy atom. The first-order valence-electron chi connectivity index (χ1n) is 9.84. The van der Waals surface area contributed by atoms with Crippen LogP contribution in [0, 0.1) is 0 Å². The molecule has 0 aliphatic rings. The molecule has 1 N–H and O–H groups in total. The summed E-state index contributed by atoms with van der Waals surface area (Å²) < 4.78 is 0. The zero-order valence-electron chi connectivity index (χ0n) is 15.7. The Bertz CT molecular complexity index is 1220. The molecule has 28 heavy (non-hydrogen) atoms. The minimum Gasteiger partial charge on any atom is -0.339 e. The number of hydrogen-bond acceptors (Lipinski definition) is 1. The van der Waals surface area contributed by atoms with Crippen LogP contribution in [0.2, 0.25) is 0 Å². The van der Waals surface area contributed by atoms with Crippen LogP contribution >= 0.6 is 0 Å². The van der Waals surface area contributed by atoms with Crippen molar-refractivity contribution >= 4 is 21.9 Å². The number of nitrogens with one attached hydrogen (secondary N) is 1. The molecular weight excluding hydrogens is 340 g/mol. The number of H-pyrrole nitrogens is 1. The summed E-state index contributed by atoms with van der Waals surface area (Å²) in [5, 5.41) is 2.46. The molecule has 3 aromatic carbocycles. The minimum atomic E-state index is 0.910. The molecule has 0 spiro atoms. The van der Waals surface area contributed by atoms with Gasteiger partial charge < -0.3 is 4.98 Å². The predicted molar refractivity (Wildman–Crippen MR) is 117 cm³/mol. The number of nitrogens with zero attached hydrogens (tertiary/aromatic N) is 1. The van der Waals surface area contributed by atoms with Crippen LogP contribution in [-0.2, 0) is 19.3 Å².